The molecule has 2 rings (SSSR count). The van der Waals surface area contributed by atoms with E-state index in [2.05, 4.69) is 38.7 Å². The zero-order valence-electron chi connectivity index (χ0n) is 11.8. The highest BCUT2D eigenvalue weighted by molar-refractivity contribution is 5.43. The molecule has 2 aromatic heterocycles. The van der Waals surface area contributed by atoms with E-state index in [4.69, 9.17) is 0 Å². The number of hydrogen-bond donors (Lipinski definition) is 1. The van der Waals surface area contributed by atoms with Crippen LogP contribution in [0, 0.1) is 6.92 Å². The lowest BCUT2D eigenvalue weighted by Crippen LogP contribution is -2.25. The number of nitrogens with one attached hydrogen (secondary N) is 1. The first-order valence-electron chi connectivity index (χ1n) is 6.77. The van der Waals surface area contributed by atoms with Gasteiger partial charge in [-0.05, 0) is 19.8 Å². The van der Waals surface area contributed by atoms with Crippen molar-refractivity contribution >= 4 is 5.82 Å². The Bertz CT molecular complexity index is 507. The minimum absolute atomic E-state index is 0.341. The minimum atomic E-state index is 0.341. The van der Waals surface area contributed by atoms with E-state index in [9.17, 15) is 0 Å². The van der Waals surface area contributed by atoms with E-state index in [1.165, 1.54) is 0 Å². The Morgan fingerprint density at radius 1 is 1.37 bits per heavy atom. The molecule has 0 aliphatic heterocycles. The van der Waals surface area contributed by atoms with Crippen LogP contribution in [0.2, 0.25) is 0 Å². The van der Waals surface area contributed by atoms with Gasteiger partial charge >= 0.3 is 0 Å². The van der Waals surface area contributed by atoms with Crippen molar-refractivity contribution in [2.24, 2.45) is 0 Å². The van der Waals surface area contributed by atoms with E-state index in [0.29, 0.717) is 6.04 Å². The van der Waals surface area contributed by atoms with E-state index in [-0.39, 0.29) is 0 Å². The van der Waals surface area contributed by atoms with E-state index in [1.807, 2.05) is 25.6 Å². The third kappa shape index (κ3) is 3.53. The molecule has 0 fully saturated rings. The number of aryl methyl sites for hydroxylation is 2. The molecule has 0 saturated carbocycles. The molecule has 0 aliphatic carbocycles. The molecule has 1 unspecified atom stereocenters. The average molecular weight is 259 g/mol. The van der Waals surface area contributed by atoms with E-state index in [0.717, 1.165) is 36.6 Å². The van der Waals surface area contributed by atoms with Gasteiger partial charge in [0, 0.05) is 36.7 Å². The van der Waals surface area contributed by atoms with Crippen molar-refractivity contribution in [3.8, 4) is 0 Å². The second-order valence-corrected chi connectivity index (χ2v) is 4.65. The number of nitrogens with zero attached hydrogens (tertiary/aromatic N) is 4. The maximum absolute atomic E-state index is 4.51. The highest BCUT2D eigenvalue weighted by Gasteiger charge is 2.11. The fraction of sp³-hybridized carbons (Fsp3) is 0.500. The summed E-state index contributed by atoms with van der Waals surface area (Å²) in [5.41, 5.74) is 1.16. The largest absolute Gasteiger partial charge is 0.365 e. The molecule has 0 aliphatic rings. The Morgan fingerprint density at radius 2 is 2.21 bits per heavy atom. The van der Waals surface area contributed by atoms with Gasteiger partial charge in [-0.3, -0.25) is 0 Å². The SMILES string of the molecule is CCc1cnc(C)nc1NC(CC)Cn1ccnc1. The van der Waals surface area contributed by atoms with Crippen molar-refractivity contribution in [3.63, 3.8) is 0 Å². The van der Waals surface area contributed by atoms with Gasteiger partial charge in [0.25, 0.3) is 0 Å². The third-order valence-electron chi connectivity index (χ3n) is 3.19. The maximum Gasteiger partial charge on any atom is 0.133 e. The van der Waals surface area contributed by atoms with Crippen molar-refractivity contribution in [1.82, 2.24) is 19.5 Å². The molecular formula is C14H21N5. The zero-order valence-corrected chi connectivity index (χ0v) is 11.8. The fourth-order valence-electron chi connectivity index (χ4n) is 2.00. The van der Waals surface area contributed by atoms with Gasteiger partial charge in [-0.15, -0.1) is 0 Å². The summed E-state index contributed by atoms with van der Waals surface area (Å²) in [6.07, 6.45) is 9.51. The number of hydrogen-bond acceptors (Lipinski definition) is 4. The van der Waals surface area contributed by atoms with Crippen molar-refractivity contribution in [2.75, 3.05) is 5.32 Å². The molecule has 2 aromatic rings. The first kappa shape index (κ1) is 13.5. The summed E-state index contributed by atoms with van der Waals surface area (Å²) in [5, 5.41) is 3.53. The molecule has 0 radical (unpaired) electrons. The third-order valence-corrected chi connectivity index (χ3v) is 3.19. The lowest BCUT2D eigenvalue weighted by Gasteiger charge is -2.20. The maximum atomic E-state index is 4.51. The van der Waals surface area contributed by atoms with Crippen LogP contribution < -0.4 is 5.32 Å². The van der Waals surface area contributed by atoms with Crippen LogP contribution in [0.15, 0.2) is 24.9 Å². The van der Waals surface area contributed by atoms with Crippen molar-refractivity contribution < 1.29 is 0 Å². The monoisotopic (exact) mass is 259 g/mol. The Balaban J connectivity index is 2.11. The fourth-order valence-corrected chi connectivity index (χ4v) is 2.00. The predicted octanol–water partition coefficient (Wildman–Crippen LogP) is 2.43. The quantitative estimate of drug-likeness (QED) is 0.865. The van der Waals surface area contributed by atoms with Crippen molar-refractivity contribution in [1.29, 1.82) is 0 Å². The van der Waals surface area contributed by atoms with E-state index in [1.54, 1.807) is 6.20 Å². The predicted molar refractivity (Wildman–Crippen MR) is 76.1 cm³/mol. The molecule has 2 heterocycles. The summed E-state index contributed by atoms with van der Waals surface area (Å²) in [7, 11) is 0. The normalized spacial score (nSPS) is 12.4. The van der Waals surface area contributed by atoms with E-state index >= 15 is 0 Å². The van der Waals surface area contributed by atoms with Crippen LogP contribution in [0.1, 0.15) is 31.7 Å². The summed E-state index contributed by atoms with van der Waals surface area (Å²) in [4.78, 5) is 12.8. The van der Waals surface area contributed by atoms with Gasteiger partial charge in [-0.25, -0.2) is 15.0 Å². The van der Waals surface area contributed by atoms with Gasteiger partial charge in [0.2, 0.25) is 0 Å². The minimum Gasteiger partial charge on any atom is -0.365 e. The Morgan fingerprint density at radius 3 is 2.84 bits per heavy atom. The molecule has 0 aromatic carbocycles. The van der Waals surface area contributed by atoms with Gasteiger partial charge in [0.05, 0.1) is 6.33 Å². The number of imidazole rings is 1. The van der Waals surface area contributed by atoms with Gasteiger partial charge in [-0.1, -0.05) is 13.8 Å². The van der Waals surface area contributed by atoms with Gasteiger partial charge in [-0.2, -0.15) is 0 Å². The lowest BCUT2D eigenvalue weighted by molar-refractivity contribution is 0.566. The molecule has 102 valence electrons. The molecule has 1 atom stereocenters. The summed E-state index contributed by atoms with van der Waals surface area (Å²) in [6, 6.07) is 0.341. The topological polar surface area (TPSA) is 55.6 Å². The van der Waals surface area contributed by atoms with Crippen LogP contribution in [0.5, 0.6) is 0 Å². The average Bonchev–Trinajstić information content (AvgIpc) is 2.91. The van der Waals surface area contributed by atoms with Gasteiger partial charge in [0.15, 0.2) is 0 Å². The van der Waals surface area contributed by atoms with Crippen LogP contribution in [0.3, 0.4) is 0 Å². The molecule has 5 heteroatoms. The molecule has 5 nitrogen and oxygen atoms in total. The van der Waals surface area contributed by atoms with Gasteiger partial charge in [0.1, 0.15) is 11.6 Å². The standard InChI is InChI=1S/C14H21N5/c1-4-12-8-16-11(3)17-14(12)18-13(5-2)9-19-7-6-15-10-19/h6-8,10,13H,4-5,9H2,1-3H3,(H,16,17,18). The molecule has 0 spiro atoms. The Labute approximate surface area is 114 Å². The zero-order chi connectivity index (χ0) is 13.7. The second kappa shape index (κ2) is 6.31. The molecule has 19 heavy (non-hydrogen) atoms. The first-order chi connectivity index (χ1) is 9.22. The van der Waals surface area contributed by atoms with Crippen molar-refractivity contribution in [2.45, 2.75) is 46.2 Å². The molecule has 0 saturated heterocycles. The number of anilines is 1. The van der Waals surface area contributed by atoms with Crippen LogP contribution in [-0.4, -0.2) is 25.6 Å². The first-order valence-corrected chi connectivity index (χ1v) is 6.77. The summed E-state index contributed by atoms with van der Waals surface area (Å²) < 4.78 is 2.08. The molecular weight excluding hydrogens is 238 g/mol. The molecule has 1 N–H and O–H groups in total. The van der Waals surface area contributed by atoms with Crippen LogP contribution in [0.4, 0.5) is 5.82 Å². The Hall–Kier alpha value is -1.91. The number of aromatic nitrogens is 4. The highest BCUT2D eigenvalue weighted by Crippen LogP contribution is 2.15. The molecule has 0 bridgehead atoms. The van der Waals surface area contributed by atoms with Crippen LogP contribution in [0.25, 0.3) is 0 Å². The highest BCUT2D eigenvalue weighted by atomic mass is 15.1. The smallest absolute Gasteiger partial charge is 0.133 e. The van der Waals surface area contributed by atoms with Crippen molar-refractivity contribution in [3.05, 3.63) is 36.3 Å². The summed E-state index contributed by atoms with van der Waals surface area (Å²) in [5.74, 6) is 1.76. The second-order valence-electron chi connectivity index (χ2n) is 4.65. The van der Waals surface area contributed by atoms with Gasteiger partial charge < -0.3 is 9.88 Å². The molecule has 0 amide bonds. The Kier molecular flexibility index (Phi) is 4.49. The van der Waals surface area contributed by atoms with Crippen LogP contribution >= 0.6 is 0 Å². The summed E-state index contributed by atoms with van der Waals surface area (Å²) >= 11 is 0. The summed E-state index contributed by atoms with van der Waals surface area (Å²) in [6.45, 7) is 7.11. The lowest BCUT2D eigenvalue weighted by atomic mass is 10.2. The van der Waals surface area contributed by atoms with E-state index < -0.39 is 0 Å². The number of rotatable bonds is 6. The van der Waals surface area contributed by atoms with Crippen LogP contribution in [-0.2, 0) is 13.0 Å².